The van der Waals surface area contributed by atoms with Crippen molar-refractivity contribution in [2.45, 2.75) is 138 Å². The van der Waals surface area contributed by atoms with Crippen LogP contribution in [0.5, 0.6) is 0 Å². The van der Waals surface area contributed by atoms with Crippen molar-refractivity contribution >= 4 is 113 Å². The Kier molecular flexibility index (Phi) is 15.8. The van der Waals surface area contributed by atoms with Crippen LogP contribution in [0.15, 0.2) is 290 Å². The van der Waals surface area contributed by atoms with E-state index in [9.17, 15) is 4.11 Å². The number of hydrogen-bond donors (Lipinski definition) is 0. The highest BCUT2D eigenvalue weighted by atomic mass is 16.3. The van der Waals surface area contributed by atoms with Gasteiger partial charge in [-0.2, -0.15) is 0 Å². The molecule has 5 nitrogen and oxygen atoms in total. The van der Waals surface area contributed by atoms with Gasteiger partial charge in [0.1, 0.15) is 11.2 Å². The van der Waals surface area contributed by atoms with Crippen molar-refractivity contribution in [1.82, 2.24) is 0 Å². The van der Waals surface area contributed by atoms with Crippen LogP contribution < -0.4 is 36.0 Å². The Labute approximate surface area is 627 Å². The fourth-order valence-corrected chi connectivity index (χ4v) is 15.9. The second-order valence-corrected chi connectivity index (χ2v) is 34.1. The van der Waals surface area contributed by atoms with Gasteiger partial charge in [-0.1, -0.05) is 297 Å². The van der Waals surface area contributed by atoms with E-state index < -0.39 is 19.0 Å². The molecule has 2 aliphatic rings. The molecule has 520 valence electrons. The molecule has 14 aromatic rings. The van der Waals surface area contributed by atoms with Crippen molar-refractivity contribution in [3.05, 3.63) is 318 Å². The van der Waals surface area contributed by atoms with Crippen molar-refractivity contribution in [2.75, 3.05) is 19.6 Å². The van der Waals surface area contributed by atoms with Crippen molar-refractivity contribution in [1.29, 1.82) is 0 Å². The van der Waals surface area contributed by atoms with Crippen molar-refractivity contribution in [2.24, 2.45) is 0 Å². The summed E-state index contributed by atoms with van der Waals surface area (Å²) < 4.78 is 35.4. The number of rotatable bonds is 11. The molecule has 13 aromatic carbocycles. The summed E-state index contributed by atoms with van der Waals surface area (Å²) >= 11 is 0. The fourth-order valence-electron chi connectivity index (χ4n) is 15.9. The van der Waals surface area contributed by atoms with Gasteiger partial charge in [-0.3, -0.25) is 0 Å². The number of benzene rings is 13. The summed E-state index contributed by atoms with van der Waals surface area (Å²) in [6.07, 6.45) is 0. The van der Waals surface area contributed by atoms with Crippen molar-refractivity contribution in [3.63, 3.8) is 0 Å². The van der Waals surface area contributed by atoms with Crippen LogP contribution >= 0.6 is 0 Å². The Morgan fingerprint density at radius 2 is 0.714 bits per heavy atom. The number of fused-ring (bicyclic) bond motifs is 8. The molecule has 0 bridgehead atoms. The molecule has 0 radical (unpaired) electrons. The summed E-state index contributed by atoms with van der Waals surface area (Å²) in [5, 5.41) is 2.00. The van der Waals surface area contributed by atoms with Gasteiger partial charge >= 0.3 is 0 Å². The van der Waals surface area contributed by atoms with Gasteiger partial charge in [-0.25, -0.2) is 0 Å². The minimum absolute atomic E-state index is 0.0706. The predicted molar refractivity (Wildman–Crippen MR) is 452 cm³/mol. The molecular weight excluding hydrogens is 1270 g/mol. The van der Waals surface area contributed by atoms with Gasteiger partial charge in [-0.15, -0.1) is 0 Å². The van der Waals surface area contributed by atoms with E-state index in [1.807, 2.05) is 12.1 Å². The first-order valence-electron chi connectivity index (χ1n) is 38.7. The highest BCUT2D eigenvalue weighted by Crippen LogP contribution is 2.55. The summed E-state index contributed by atoms with van der Waals surface area (Å²) in [7, 11) is 0. The molecule has 0 atom stereocenters. The second kappa shape index (κ2) is 25.7. The third-order valence-corrected chi connectivity index (χ3v) is 21.7. The summed E-state index contributed by atoms with van der Waals surface area (Å²) in [5.41, 5.74) is 27.9. The van der Waals surface area contributed by atoms with E-state index in [0.29, 0.717) is 5.56 Å². The van der Waals surface area contributed by atoms with Gasteiger partial charge in [-0.05, 0) is 197 Å². The van der Waals surface area contributed by atoms with E-state index in [0.717, 1.165) is 146 Å². The van der Waals surface area contributed by atoms with Crippen LogP contribution in [0.25, 0.3) is 55.3 Å². The van der Waals surface area contributed by atoms with E-state index in [1.165, 1.54) is 22.3 Å². The highest BCUT2D eigenvalue weighted by molar-refractivity contribution is 7.01. The molecule has 0 amide bonds. The van der Waals surface area contributed by atoms with Crippen molar-refractivity contribution < 1.29 is 8.53 Å². The van der Waals surface area contributed by atoms with Gasteiger partial charge in [0.25, 0.3) is 6.71 Å². The van der Waals surface area contributed by atoms with Gasteiger partial charge in [0.15, 0.2) is 0 Å². The topological polar surface area (TPSA) is 26.1 Å². The number of anilines is 12. The quantitative estimate of drug-likeness (QED) is 0.120. The normalized spacial score (nSPS) is 13.6. The molecule has 0 saturated heterocycles. The first kappa shape index (κ1) is 64.7. The SMILES string of the molecule is [2H]C([2H])([2H])c1cc(-c2cc3c4c(c2)N(c2ccccc2-c2ccccc2)c2cc(N(c5ccc(C(C)(C)C)cc5)c5ccc(C(C)(C)C)cc5)c5c(oc6ccccc65)c2B4c2ccc(N(c4ccc(C(C)(C)C)cc4)c4ccc(C(C)(C)C)cc4)cc2N3c2ccccc2-c2ccccc2)cc(C(C)(C)C)c1. The minimum atomic E-state index is -2.41. The van der Waals surface area contributed by atoms with Crippen LogP contribution in [0.2, 0.25) is 0 Å². The van der Waals surface area contributed by atoms with E-state index in [4.69, 9.17) is 4.42 Å². The smallest absolute Gasteiger partial charge is 0.257 e. The lowest BCUT2D eigenvalue weighted by Crippen LogP contribution is -2.61. The maximum atomic E-state index is 9.18. The molecule has 6 heteroatoms. The third-order valence-electron chi connectivity index (χ3n) is 21.7. The Bertz CT molecular complexity index is 5580. The Hall–Kier alpha value is -11.1. The first-order chi connectivity index (χ1) is 51.4. The lowest BCUT2D eigenvalue weighted by Gasteiger charge is -2.45. The monoisotopic (exact) mass is 1370 g/mol. The largest absolute Gasteiger partial charge is 0.456 e. The number of aryl methyl sites for hydroxylation is 1. The standard InChI is InChI=1S/C99H95BN4O/c1-64-57-67(59-73(58-64)99(14,15)16)68-60-87-92-88(61-68)104(84-37-27-24-34-80(84)66-31-21-18-22-32-66)89-63-86(102(76-51-43-71(44-52-76)97(8,9)10)77-53-45-72(46-54-77)98(11,12)13)91-81-35-25-28-38-90(81)105-94(91)93(89)100(92)82-56-55-78(62-85(82)103(87)83-36-26-23-33-79(83)65-29-19-17-20-30-65)101(74-47-39-69(40-48-74)95(2,3)4)75-49-41-70(42-50-75)96(5,6)7/h17-63H,1-16H3/i1D3. The molecule has 0 aliphatic carbocycles. The number of furan rings is 1. The maximum absolute atomic E-state index is 9.18. The molecule has 105 heavy (non-hydrogen) atoms. The Morgan fingerprint density at radius 1 is 0.314 bits per heavy atom. The summed E-state index contributed by atoms with van der Waals surface area (Å²) in [4.78, 5) is 9.93. The number of para-hydroxylation sites is 3. The summed E-state index contributed by atoms with van der Waals surface area (Å²) in [6.45, 7) is 30.9. The number of hydrogen-bond acceptors (Lipinski definition) is 5. The Balaban J connectivity index is 1.09. The fraction of sp³-hybridized carbons (Fsp3) is 0.212. The van der Waals surface area contributed by atoms with Gasteiger partial charge in [0.05, 0.1) is 22.4 Å². The maximum Gasteiger partial charge on any atom is 0.257 e. The molecular formula is C99H95BN4O. The highest BCUT2D eigenvalue weighted by Gasteiger charge is 2.48. The van der Waals surface area contributed by atoms with Crippen LogP contribution in [-0.2, 0) is 27.1 Å². The van der Waals surface area contributed by atoms with Crippen molar-refractivity contribution in [3.8, 4) is 33.4 Å². The molecule has 0 fully saturated rings. The molecule has 16 rings (SSSR count). The molecule has 0 spiro atoms. The molecule has 2 aliphatic heterocycles. The van der Waals surface area contributed by atoms with E-state index in [2.05, 4.69) is 396 Å². The Morgan fingerprint density at radius 3 is 1.18 bits per heavy atom. The first-order valence-corrected chi connectivity index (χ1v) is 37.2. The van der Waals surface area contributed by atoms with Gasteiger partial charge in [0.2, 0.25) is 0 Å². The van der Waals surface area contributed by atoms with Gasteiger partial charge in [0, 0.05) is 71.8 Å². The minimum Gasteiger partial charge on any atom is -0.456 e. The zero-order valence-corrected chi connectivity index (χ0v) is 63.4. The predicted octanol–water partition coefficient (Wildman–Crippen LogP) is 26.4. The zero-order valence-electron chi connectivity index (χ0n) is 66.4. The van der Waals surface area contributed by atoms with E-state index in [1.54, 1.807) is 0 Å². The molecule has 0 N–H and O–H groups in total. The molecule has 1 aromatic heterocycles. The third kappa shape index (κ3) is 12.4. The molecule has 0 unspecified atom stereocenters. The molecule has 3 heterocycles. The molecule has 0 saturated carbocycles. The number of nitrogens with zero attached hydrogens (tertiary/aromatic N) is 4. The zero-order chi connectivity index (χ0) is 75.7. The average Bonchev–Trinajstić information content (AvgIpc) is 1.10. The lowest BCUT2D eigenvalue weighted by atomic mass is 9.33. The summed E-state index contributed by atoms with van der Waals surface area (Å²) in [6, 6.07) is 105. The van der Waals surface area contributed by atoms with E-state index in [-0.39, 0.29) is 21.7 Å². The van der Waals surface area contributed by atoms with Gasteiger partial charge < -0.3 is 24.0 Å². The van der Waals surface area contributed by atoms with Crippen LogP contribution in [0.4, 0.5) is 68.2 Å². The van der Waals surface area contributed by atoms with Crippen LogP contribution in [0.3, 0.4) is 0 Å². The average molecular weight is 1370 g/mol. The summed E-state index contributed by atoms with van der Waals surface area (Å²) in [5.74, 6) is 0. The second-order valence-electron chi connectivity index (χ2n) is 34.1. The van der Waals surface area contributed by atoms with E-state index >= 15 is 0 Å². The van der Waals surface area contributed by atoms with Crippen LogP contribution in [0.1, 0.15) is 141 Å². The lowest BCUT2D eigenvalue weighted by molar-refractivity contribution is 0.589. The van der Waals surface area contributed by atoms with Crippen LogP contribution in [-0.4, -0.2) is 6.71 Å². The van der Waals surface area contributed by atoms with Crippen LogP contribution in [0, 0.1) is 6.85 Å².